The van der Waals surface area contributed by atoms with Gasteiger partial charge < -0.3 is 19.8 Å². The third kappa shape index (κ3) is 10.7. The molecular formula is C32H49F3N4O4S. The number of aromatic nitrogens is 1. The van der Waals surface area contributed by atoms with E-state index < -0.39 is 17.3 Å². The van der Waals surface area contributed by atoms with Crippen molar-refractivity contribution in [1.82, 2.24) is 14.4 Å². The van der Waals surface area contributed by atoms with Crippen molar-refractivity contribution in [2.45, 2.75) is 103 Å². The molecule has 0 aromatic carbocycles. The van der Waals surface area contributed by atoms with Crippen LogP contribution >= 0.6 is 11.3 Å². The number of rotatable bonds is 10. The lowest BCUT2D eigenvalue weighted by Crippen LogP contribution is -2.39. The summed E-state index contributed by atoms with van der Waals surface area (Å²) in [4.78, 5) is 26.3. The van der Waals surface area contributed by atoms with Gasteiger partial charge in [0.1, 0.15) is 0 Å². The van der Waals surface area contributed by atoms with Crippen LogP contribution in [0, 0.1) is 0 Å². The molecule has 0 saturated carbocycles. The Kier molecular flexibility index (Phi) is 14.8. The highest BCUT2D eigenvalue weighted by Crippen LogP contribution is 2.38. The minimum Gasteiger partial charge on any atom is -0.381 e. The summed E-state index contributed by atoms with van der Waals surface area (Å²) in [5.74, 6) is 0. The summed E-state index contributed by atoms with van der Waals surface area (Å²) < 4.78 is 51.2. The number of thiophene rings is 1. The van der Waals surface area contributed by atoms with Crippen LogP contribution in [-0.2, 0) is 40.0 Å². The van der Waals surface area contributed by atoms with Gasteiger partial charge in [0, 0.05) is 68.6 Å². The molecule has 0 spiro atoms. The van der Waals surface area contributed by atoms with Gasteiger partial charge >= 0.3 is 6.18 Å². The predicted molar refractivity (Wildman–Crippen MR) is 168 cm³/mol. The van der Waals surface area contributed by atoms with E-state index in [-0.39, 0.29) is 6.41 Å². The highest BCUT2D eigenvalue weighted by Gasteiger charge is 2.33. The Labute approximate surface area is 263 Å². The summed E-state index contributed by atoms with van der Waals surface area (Å²) in [6.07, 6.45) is 5.00. The van der Waals surface area contributed by atoms with Crippen LogP contribution in [0.25, 0.3) is 0 Å². The van der Waals surface area contributed by atoms with Crippen molar-refractivity contribution in [3.05, 3.63) is 55.6 Å². The number of amides is 1. The Balaban J connectivity index is 0.000000232. The zero-order valence-corrected chi connectivity index (χ0v) is 27.1. The first-order valence-corrected chi connectivity index (χ1v) is 16.7. The Morgan fingerprint density at radius 2 is 1.93 bits per heavy atom. The van der Waals surface area contributed by atoms with Crippen molar-refractivity contribution < 1.29 is 27.4 Å². The molecule has 5 rings (SSSR count). The van der Waals surface area contributed by atoms with Crippen LogP contribution < -0.4 is 11.3 Å². The minimum absolute atomic E-state index is 0.250. The molecule has 1 saturated heterocycles. The number of carbonyl (C=O) groups excluding carboxylic acids is 1. The third-order valence-corrected chi connectivity index (χ3v) is 9.47. The van der Waals surface area contributed by atoms with Gasteiger partial charge in [0.15, 0.2) is 0 Å². The predicted octanol–water partition coefficient (Wildman–Crippen LogP) is 5.62. The molecule has 2 N–H and O–H groups in total. The second-order valence-corrected chi connectivity index (χ2v) is 12.5. The van der Waals surface area contributed by atoms with E-state index in [9.17, 15) is 18.0 Å². The second kappa shape index (κ2) is 18.0. The fraction of sp³-hybridized carbons (Fsp3) is 0.688. The molecule has 2 aromatic heterocycles. The van der Waals surface area contributed by atoms with E-state index in [0.29, 0.717) is 49.6 Å². The number of hydrogen-bond donors (Lipinski definition) is 1. The molecule has 44 heavy (non-hydrogen) atoms. The first-order chi connectivity index (χ1) is 21.1. The molecule has 3 atom stereocenters. The molecule has 0 radical (unpaired) electrons. The topological polar surface area (TPSA) is 90.0 Å². The van der Waals surface area contributed by atoms with E-state index in [1.165, 1.54) is 60.1 Å². The molecule has 3 unspecified atom stereocenters. The van der Waals surface area contributed by atoms with Crippen LogP contribution in [0.5, 0.6) is 0 Å². The summed E-state index contributed by atoms with van der Waals surface area (Å²) in [5.41, 5.74) is 4.72. The zero-order valence-electron chi connectivity index (χ0n) is 26.3. The highest BCUT2D eigenvalue weighted by molar-refractivity contribution is 7.10. The SMILES string of the molecule is CCCOCCCC(C)N1CCC(OC2CCCc3ccsc32)C1.CCN1CCn2c(cc(C(F)(F)F)cc2=O)C1.NC=O. The number of halogens is 3. The molecule has 2 aliphatic heterocycles. The normalized spacial score (nSPS) is 20.9. The standard InChI is InChI=1S/C20H33NO2S.C11H13F3N2O.CH3NO/c1-3-12-22-13-5-6-16(2)21-11-9-18(15-21)23-19-8-4-7-17-10-14-24-20(17)19;1-2-15-3-4-16-9(7-15)5-8(6-10(16)17)11(12,13)14;2-1-3/h10,14,16,18-19H,3-9,11-13,15H2,1-2H3;5-6H,2-4,7H2,1H3;1H,(H2,2,3). The van der Waals surface area contributed by atoms with Crippen LogP contribution in [0.1, 0.15) is 87.1 Å². The van der Waals surface area contributed by atoms with E-state index >= 15 is 0 Å². The number of carbonyl (C=O) groups is 1. The van der Waals surface area contributed by atoms with Gasteiger partial charge in [-0.05, 0) is 81.5 Å². The maximum Gasteiger partial charge on any atom is 0.416 e. The van der Waals surface area contributed by atoms with E-state index in [1.54, 1.807) is 0 Å². The smallest absolute Gasteiger partial charge is 0.381 e. The van der Waals surface area contributed by atoms with Gasteiger partial charge in [-0.3, -0.25) is 19.4 Å². The van der Waals surface area contributed by atoms with Crippen molar-refractivity contribution in [3.63, 3.8) is 0 Å². The monoisotopic (exact) mass is 642 g/mol. The van der Waals surface area contributed by atoms with Gasteiger partial charge in [-0.15, -0.1) is 11.3 Å². The zero-order chi connectivity index (χ0) is 32.1. The van der Waals surface area contributed by atoms with Crippen molar-refractivity contribution in [2.75, 3.05) is 39.4 Å². The summed E-state index contributed by atoms with van der Waals surface area (Å²) >= 11 is 1.89. The average molecular weight is 643 g/mol. The van der Waals surface area contributed by atoms with Gasteiger partial charge in [-0.25, -0.2) is 0 Å². The molecule has 8 nitrogen and oxygen atoms in total. The summed E-state index contributed by atoms with van der Waals surface area (Å²) in [6, 6.07) is 4.68. The molecule has 1 amide bonds. The minimum atomic E-state index is -4.46. The van der Waals surface area contributed by atoms with Crippen LogP contribution in [0.15, 0.2) is 28.4 Å². The van der Waals surface area contributed by atoms with E-state index in [4.69, 9.17) is 14.3 Å². The largest absolute Gasteiger partial charge is 0.416 e. The third-order valence-electron chi connectivity index (χ3n) is 8.41. The van der Waals surface area contributed by atoms with Crippen molar-refractivity contribution >= 4 is 17.7 Å². The summed E-state index contributed by atoms with van der Waals surface area (Å²) in [7, 11) is 0. The van der Waals surface area contributed by atoms with Gasteiger partial charge in [0.25, 0.3) is 5.56 Å². The van der Waals surface area contributed by atoms with Gasteiger partial charge in [0.2, 0.25) is 6.41 Å². The lowest BCUT2D eigenvalue weighted by Gasteiger charge is -2.29. The van der Waals surface area contributed by atoms with Crippen molar-refractivity contribution in [2.24, 2.45) is 5.73 Å². The number of likely N-dealkylation sites (tertiary alicyclic amines) is 1. The molecule has 0 bridgehead atoms. The van der Waals surface area contributed by atoms with Crippen molar-refractivity contribution in [1.29, 1.82) is 0 Å². The van der Waals surface area contributed by atoms with E-state index in [2.05, 4.69) is 35.9 Å². The fourth-order valence-electron chi connectivity index (χ4n) is 6.00. The van der Waals surface area contributed by atoms with Gasteiger partial charge in [0.05, 0.1) is 17.8 Å². The Morgan fingerprint density at radius 3 is 2.64 bits per heavy atom. The average Bonchev–Trinajstić information content (AvgIpc) is 3.67. The molecule has 12 heteroatoms. The lowest BCUT2D eigenvalue weighted by atomic mass is 9.97. The Hall–Kier alpha value is -2.25. The van der Waals surface area contributed by atoms with E-state index in [0.717, 1.165) is 38.8 Å². The highest BCUT2D eigenvalue weighted by atomic mass is 32.1. The molecule has 1 aliphatic carbocycles. The lowest BCUT2D eigenvalue weighted by molar-refractivity contribution is -0.137. The first-order valence-electron chi connectivity index (χ1n) is 15.8. The van der Waals surface area contributed by atoms with Gasteiger partial charge in [-0.1, -0.05) is 13.8 Å². The van der Waals surface area contributed by atoms with Crippen LogP contribution in [0.4, 0.5) is 13.2 Å². The number of likely N-dealkylation sites (N-methyl/N-ethyl adjacent to an activating group) is 1. The number of primary amides is 1. The van der Waals surface area contributed by atoms with Crippen LogP contribution in [0.2, 0.25) is 0 Å². The number of alkyl halides is 3. The number of hydrogen-bond acceptors (Lipinski definition) is 7. The molecule has 2 aromatic rings. The van der Waals surface area contributed by atoms with E-state index in [1.807, 2.05) is 23.2 Å². The number of ether oxygens (including phenoxy) is 2. The number of nitrogens with two attached hydrogens (primary N) is 1. The number of aryl methyl sites for hydroxylation is 1. The number of fused-ring (bicyclic) bond motifs is 2. The van der Waals surface area contributed by atoms with Crippen molar-refractivity contribution in [3.8, 4) is 0 Å². The molecule has 248 valence electrons. The van der Waals surface area contributed by atoms with Crippen LogP contribution in [0.3, 0.4) is 0 Å². The summed E-state index contributed by atoms with van der Waals surface area (Å²) in [5, 5.41) is 2.23. The second-order valence-electron chi connectivity index (χ2n) is 11.6. The number of pyridine rings is 1. The molecule has 1 fully saturated rings. The molecular weight excluding hydrogens is 593 g/mol. The first kappa shape index (κ1) is 36.2. The maximum atomic E-state index is 12.6. The fourth-order valence-corrected chi connectivity index (χ4v) is 7.03. The Bertz CT molecular complexity index is 1200. The van der Waals surface area contributed by atoms with Crippen LogP contribution in [-0.4, -0.2) is 72.3 Å². The van der Waals surface area contributed by atoms with Gasteiger partial charge in [-0.2, -0.15) is 13.2 Å². The maximum absolute atomic E-state index is 12.6. The Morgan fingerprint density at radius 1 is 1.16 bits per heavy atom. The molecule has 3 aliphatic rings. The summed E-state index contributed by atoms with van der Waals surface area (Å²) in [6.45, 7) is 12.9. The molecule has 4 heterocycles. The quantitative estimate of drug-likeness (QED) is 0.268. The number of nitrogens with zero attached hydrogens (tertiary/aromatic N) is 3.